The second-order valence-electron chi connectivity index (χ2n) is 5.29. The summed E-state index contributed by atoms with van der Waals surface area (Å²) in [6.07, 6.45) is 1.84. The Morgan fingerprint density at radius 2 is 2.05 bits per heavy atom. The van der Waals surface area contributed by atoms with E-state index in [-0.39, 0.29) is 23.2 Å². The third kappa shape index (κ3) is 1.91. The molecule has 1 aromatic carbocycles. The van der Waals surface area contributed by atoms with Crippen LogP contribution in [0.2, 0.25) is 0 Å². The molecule has 3 N–H and O–H groups in total. The number of hydrogen-bond acceptors (Lipinski definition) is 4. The number of pyridine rings is 1. The van der Waals surface area contributed by atoms with E-state index in [1.807, 2.05) is 18.0 Å². The molecule has 0 unspecified atom stereocenters. The summed E-state index contributed by atoms with van der Waals surface area (Å²) in [5, 5.41) is 1.14. The number of likely N-dealkylation sites (N-methyl/N-ethyl adjacent to an activating group) is 1. The van der Waals surface area contributed by atoms with Gasteiger partial charge in [-0.15, -0.1) is 0 Å². The van der Waals surface area contributed by atoms with Crippen LogP contribution in [0.25, 0.3) is 10.8 Å². The smallest absolute Gasteiger partial charge is 0.257 e. The summed E-state index contributed by atoms with van der Waals surface area (Å²) < 4.78 is 0. The molecule has 1 fully saturated rings. The van der Waals surface area contributed by atoms with Gasteiger partial charge in [0.1, 0.15) is 5.82 Å². The SMILES string of the molecule is CN1CCC[C@H]1C(=O)c1c(N)[nH]c(=O)c2ccccc12. The number of likely N-dealkylation sites (tertiary alicyclic amines) is 1. The molecule has 1 aromatic heterocycles. The molecule has 2 heterocycles. The van der Waals surface area contributed by atoms with Crippen molar-refractivity contribution in [2.75, 3.05) is 19.3 Å². The average molecular weight is 271 g/mol. The highest BCUT2D eigenvalue weighted by molar-refractivity contribution is 6.13. The lowest BCUT2D eigenvalue weighted by Crippen LogP contribution is -2.34. The number of Topliss-reactive ketones (excluding diaryl/α,β-unsaturated/α-hetero) is 1. The Morgan fingerprint density at radius 1 is 1.35 bits per heavy atom. The quantitative estimate of drug-likeness (QED) is 0.809. The number of rotatable bonds is 2. The van der Waals surface area contributed by atoms with Crippen LogP contribution in [0.3, 0.4) is 0 Å². The van der Waals surface area contributed by atoms with Crippen molar-refractivity contribution in [3.8, 4) is 0 Å². The number of fused-ring (bicyclic) bond motifs is 1. The molecule has 0 amide bonds. The first kappa shape index (κ1) is 12.9. The normalized spacial score (nSPS) is 19.6. The maximum Gasteiger partial charge on any atom is 0.257 e. The molecule has 3 rings (SSSR count). The molecule has 0 radical (unpaired) electrons. The minimum Gasteiger partial charge on any atom is -0.385 e. The highest BCUT2D eigenvalue weighted by Crippen LogP contribution is 2.26. The molecular formula is C15H17N3O2. The second kappa shape index (κ2) is 4.76. The average Bonchev–Trinajstić information content (AvgIpc) is 2.85. The number of carbonyl (C=O) groups is 1. The summed E-state index contributed by atoms with van der Waals surface area (Å²) in [6.45, 7) is 0.914. The zero-order valence-corrected chi connectivity index (χ0v) is 11.3. The standard InChI is InChI=1S/C15H17N3O2/c1-18-8-4-7-11(18)13(19)12-9-5-2-3-6-10(9)15(20)17-14(12)16/h2-3,5-6,11H,4,7-8H2,1H3,(H3,16,17,20)/t11-/m0/s1. The number of H-pyrrole nitrogens is 1. The molecule has 5 heteroatoms. The number of nitrogen functional groups attached to an aromatic ring is 1. The van der Waals surface area contributed by atoms with Gasteiger partial charge in [-0.1, -0.05) is 18.2 Å². The number of nitrogens with two attached hydrogens (primary N) is 1. The largest absolute Gasteiger partial charge is 0.385 e. The summed E-state index contributed by atoms with van der Waals surface area (Å²) in [5.74, 6) is 0.161. The topological polar surface area (TPSA) is 79.2 Å². The van der Waals surface area contributed by atoms with Gasteiger partial charge in [-0.3, -0.25) is 14.5 Å². The van der Waals surface area contributed by atoms with Crippen LogP contribution in [-0.2, 0) is 0 Å². The monoisotopic (exact) mass is 271 g/mol. The zero-order valence-electron chi connectivity index (χ0n) is 11.3. The van der Waals surface area contributed by atoms with Crippen LogP contribution < -0.4 is 11.3 Å². The van der Waals surface area contributed by atoms with Gasteiger partial charge in [0, 0.05) is 10.8 Å². The van der Waals surface area contributed by atoms with E-state index < -0.39 is 0 Å². The lowest BCUT2D eigenvalue weighted by Gasteiger charge is -2.19. The van der Waals surface area contributed by atoms with Gasteiger partial charge in [0.2, 0.25) is 0 Å². The number of ketones is 1. The first-order valence-electron chi connectivity index (χ1n) is 6.74. The molecule has 1 atom stereocenters. The Hall–Kier alpha value is -2.14. The predicted molar refractivity (Wildman–Crippen MR) is 79.0 cm³/mol. The fourth-order valence-electron chi connectivity index (χ4n) is 2.97. The summed E-state index contributed by atoms with van der Waals surface area (Å²) in [6, 6.07) is 6.94. The second-order valence-corrected chi connectivity index (χ2v) is 5.29. The molecule has 2 aromatic rings. The zero-order chi connectivity index (χ0) is 14.3. The molecule has 5 nitrogen and oxygen atoms in total. The Bertz CT molecular complexity index is 735. The van der Waals surface area contributed by atoms with E-state index >= 15 is 0 Å². The van der Waals surface area contributed by atoms with Gasteiger partial charge in [0.05, 0.1) is 11.6 Å². The lowest BCUT2D eigenvalue weighted by molar-refractivity contribution is 0.0893. The molecule has 0 spiro atoms. The maximum absolute atomic E-state index is 12.8. The van der Waals surface area contributed by atoms with Gasteiger partial charge in [-0.2, -0.15) is 0 Å². The number of nitrogens with zero attached hydrogens (tertiary/aromatic N) is 1. The number of aromatic nitrogens is 1. The lowest BCUT2D eigenvalue weighted by atomic mass is 9.97. The number of nitrogens with one attached hydrogen (secondary N) is 1. The Balaban J connectivity index is 2.21. The third-order valence-electron chi connectivity index (χ3n) is 4.03. The molecular weight excluding hydrogens is 254 g/mol. The Labute approximate surface area is 116 Å². The highest BCUT2D eigenvalue weighted by Gasteiger charge is 2.31. The number of carbonyl (C=O) groups excluding carboxylic acids is 1. The Kier molecular flexibility index (Phi) is 3.06. The fourth-order valence-corrected chi connectivity index (χ4v) is 2.97. The summed E-state index contributed by atoms with van der Waals surface area (Å²) in [7, 11) is 1.94. The van der Waals surface area contributed by atoms with Crippen molar-refractivity contribution in [1.29, 1.82) is 0 Å². The van der Waals surface area contributed by atoms with E-state index in [0.29, 0.717) is 16.3 Å². The third-order valence-corrected chi connectivity index (χ3v) is 4.03. The van der Waals surface area contributed by atoms with Crippen LogP contribution in [-0.4, -0.2) is 35.3 Å². The van der Waals surface area contributed by atoms with Crippen molar-refractivity contribution in [2.45, 2.75) is 18.9 Å². The number of anilines is 1. The van der Waals surface area contributed by atoms with Crippen molar-refractivity contribution in [2.24, 2.45) is 0 Å². The van der Waals surface area contributed by atoms with Gasteiger partial charge in [-0.25, -0.2) is 0 Å². The van der Waals surface area contributed by atoms with Crippen molar-refractivity contribution >= 4 is 22.4 Å². The fraction of sp³-hybridized carbons (Fsp3) is 0.333. The summed E-state index contributed by atoms with van der Waals surface area (Å²) in [4.78, 5) is 29.3. The molecule has 0 aliphatic carbocycles. The summed E-state index contributed by atoms with van der Waals surface area (Å²) in [5.41, 5.74) is 6.09. The van der Waals surface area contributed by atoms with Gasteiger partial charge >= 0.3 is 0 Å². The van der Waals surface area contributed by atoms with Crippen molar-refractivity contribution in [1.82, 2.24) is 9.88 Å². The van der Waals surface area contributed by atoms with Crippen LogP contribution in [0, 0.1) is 0 Å². The summed E-state index contributed by atoms with van der Waals surface area (Å²) >= 11 is 0. The van der Waals surface area contributed by atoms with Gasteiger partial charge in [0.25, 0.3) is 5.56 Å². The molecule has 0 saturated carbocycles. The van der Waals surface area contributed by atoms with Gasteiger partial charge in [-0.05, 0) is 32.5 Å². The maximum atomic E-state index is 12.8. The van der Waals surface area contributed by atoms with Crippen molar-refractivity contribution < 1.29 is 4.79 Å². The first-order chi connectivity index (χ1) is 9.59. The predicted octanol–water partition coefficient (Wildman–Crippen LogP) is 1.39. The van der Waals surface area contributed by atoms with Crippen LogP contribution >= 0.6 is 0 Å². The molecule has 1 saturated heterocycles. The minimum absolute atomic E-state index is 0.00468. The van der Waals surface area contributed by atoms with Crippen LogP contribution in [0.5, 0.6) is 0 Å². The minimum atomic E-state index is -0.255. The van der Waals surface area contributed by atoms with E-state index in [1.54, 1.807) is 18.2 Å². The molecule has 1 aliphatic rings. The number of hydrogen-bond donors (Lipinski definition) is 2. The van der Waals surface area contributed by atoms with Crippen LogP contribution in [0.15, 0.2) is 29.1 Å². The van der Waals surface area contributed by atoms with E-state index in [0.717, 1.165) is 19.4 Å². The van der Waals surface area contributed by atoms with E-state index in [4.69, 9.17) is 5.73 Å². The van der Waals surface area contributed by atoms with Gasteiger partial charge in [0.15, 0.2) is 5.78 Å². The Morgan fingerprint density at radius 3 is 2.70 bits per heavy atom. The molecule has 1 aliphatic heterocycles. The molecule has 20 heavy (non-hydrogen) atoms. The molecule has 0 bridgehead atoms. The number of benzene rings is 1. The van der Waals surface area contributed by atoms with E-state index in [1.165, 1.54) is 0 Å². The van der Waals surface area contributed by atoms with Crippen LogP contribution in [0.4, 0.5) is 5.82 Å². The van der Waals surface area contributed by atoms with Crippen LogP contribution in [0.1, 0.15) is 23.2 Å². The van der Waals surface area contributed by atoms with Crippen molar-refractivity contribution in [3.63, 3.8) is 0 Å². The molecule has 104 valence electrons. The highest BCUT2D eigenvalue weighted by atomic mass is 16.1. The van der Waals surface area contributed by atoms with Gasteiger partial charge < -0.3 is 10.7 Å². The van der Waals surface area contributed by atoms with E-state index in [9.17, 15) is 9.59 Å². The number of aromatic amines is 1. The van der Waals surface area contributed by atoms with E-state index in [2.05, 4.69) is 4.98 Å². The first-order valence-corrected chi connectivity index (χ1v) is 6.74. The van der Waals surface area contributed by atoms with Crippen molar-refractivity contribution in [3.05, 3.63) is 40.2 Å².